The quantitative estimate of drug-likeness (QED) is 0.506. The first-order valence-corrected chi connectivity index (χ1v) is 10.5. The van der Waals surface area contributed by atoms with Gasteiger partial charge in [-0.3, -0.25) is 14.5 Å². The van der Waals surface area contributed by atoms with Gasteiger partial charge in [0, 0.05) is 12.2 Å². The third-order valence-electron chi connectivity index (χ3n) is 5.42. The summed E-state index contributed by atoms with van der Waals surface area (Å²) in [7, 11) is 0. The highest BCUT2D eigenvalue weighted by Gasteiger charge is 2.49. The second kappa shape index (κ2) is 9.26. The molecule has 0 aliphatic carbocycles. The summed E-state index contributed by atoms with van der Waals surface area (Å²) in [5.74, 6) is -0.151. The molecule has 2 aromatic rings. The first-order chi connectivity index (χ1) is 15.2. The van der Waals surface area contributed by atoms with Crippen LogP contribution >= 0.6 is 0 Å². The largest absolute Gasteiger partial charge is 0.489 e. The molecule has 1 aliphatic rings. The van der Waals surface area contributed by atoms with Crippen LogP contribution in [-0.2, 0) is 15.1 Å². The van der Waals surface area contributed by atoms with E-state index in [0.29, 0.717) is 24.5 Å². The molecule has 0 aromatic heterocycles. The Hall–Kier alpha value is -3.61. The van der Waals surface area contributed by atoms with E-state index in [1.807, 2.05) is 45.0 Å². The molecule has 0 radical (unpaired) electrons. The summed E-state index contributed by atoms with van der Waals surface area (Å²) in [4.78, 5) is 41.4. The standard InChI is InChI=1S/C25H29N3O4/c1-6-27(20-9-7-8-18(4)14-20)22(29)15-28-23(30)25(5,26-24(28)31)19-10-12-21(13-11-19)32-16-17(2)3/h7-14H,2,6,15-16H2,1,3-5H3,(H,26,31). The molecular formula is C25H29N3O4. The average molecular weight is 436 g/mol. The number of hydrogen-bond donors (Lipinski definition) is 1. The number of benzene rings is 2. The van der Waals surface area contributed by atoms with Crippen LogP contribution in [0.4, 0.5) is 10.5 Å². The monoisotopic (exact) mass is 435 g/mol. The lowest BCUT2D eigenvalue weighted by Crippen LogP contribution is -2.44. The van der Waals surface area contributed by atoms with E-state index in [4.69, 9.17) is 4.74 Å². The van der Waals surface area contributed by atoms with Gasteiger partial charge in [0.1, 0.15) is 24.4 Å². The number of imide groups is 1. The summed E-state index contributed by atoms with van der Waals surface area (Å²) in [6, 6.07) is 13.9. The fourth-order valence-electron chi connectivity index (χ4n) is 3.65. The molecule has 1 heterocycles. The zero-order valence-electron chi connectivity index (χ0n) is 19.0. The van der Waals surface area contributed by atoms with Gasteiger partial charge in [-0.05, 0) is 68.7 Å². The van der Waals surface area contributed by atoms with Crippen molar-refractivity contribution in [3.63, 3.8) is 0 Å². The Morgan fingerprint density at radius 1 is 1.19 bits per heavy atom. The molecule has 7 nitrogen and oxygen atoms in total. The van der Waals surface area contributed by atoms with Crippen LogP contribution in [0.25, 0.3) is 0 Å². The number of anilines is 1. The van der Waals surface area contributed by atoms with Gasteiger partial charge in [-0.1, -0.05) is 30.8 Å². The Morgan fingerprint density at radius 2 is 1.88 bits per heavy atom. The van der Waals surface area contributed by atoms with E-state index in [1.165, 1.54) is 0 Å². The van der Waals surface area contributed by atoms with Crippen molar-refractivity contribution in [2.24, 2.45) is 0 Å². The molecule has 1 aliphatic heterocycles. The highest BCUT2D eigenvalue weighted by molar-refractivity contribution is 6.10. The Labute approximate surface area is 188 Å². The zero-order chi connectivity index (χ0) is 23.5. The topological polar surface area (TPSA) is 79.0 Å². The van der Waals surface area contributed by atoms with Crippen molar-refractivity contribution in [1.29, 1.82) is 0 Å². The molecule has 2 aromatic carbocycles. The zero-order valence-corrected chi connectivity index (χ0v) is 19.0. The van der Waals surface area contributed by atoms with Crippen LogP contribution in [0.1, 0.15) is 31.9 Å². The molecule has 0 saturated carbocycles. The van der Waals surface area contributed by atoms with Gasteiger partial charge in [0.25, 0.3) is 5.91 Å². The molecule has 168 valence electrons. The summed E-state index contributed by atoms with van der Waals surface area (Å²) in [5, 5.41) is 2.74. The van der Waals surface area contributed by atoms with Gasteiger partial charge in [0.2, 0.25) is 5.91 Å². The summed E-state index contributed by atoms with van der Waals surface area (Å²) in [6.45, 7) is 11.6. The van der Waals surface area contributed by atoms with Crippen LogP contribution < -0.4 is 15.0 Å². The van der Waals surface area contributed by atoms with Crippen molar-refractivity contribution in [2.45, 2.75) is 33.2 Å². The highest BCUT2D eigenvalue weighted by atomic mass is 16.5. The minimum absolute atomic E-state index is 0.325. The third kappa shape index (κ3) is 4.66. The predicted octanol–water partition coefficient (Wildman–Crippen LogP) is 3.77. The number of nitrogens with one attached hydrogen (secondary N) is 1. The van der Waals surface area contributed by atoms with Crippen LogP contribution in [0.2, 0.25) is 0 Å². The molecule has 1 fully saturated rings. The van der Waals surface area contributed by atoms with Gasteiger partial charge in [0.15, 0.2) is 0 Å². The molecule has 0 spiro atoms. The van der Waals surface area contributed by atoms with Gasteiger partial charge in [-0.15, -0.1) is 0 Å². The van der Waals surface area contributed by atoms with Crippen LogP contribution in [0.3, 0.4) is 0 Å². The van der Waals surface area contributed by atoms with Gasteiger partial charge in [0.05, 0.1) is 0 Å². The summed E-state index contributed by atoms with van der Waals surface area (Å²) in [5.41, 5.74) is 2.00. The van der Waals surface area contributed by atoms with E-state index < -0.39 is 17.5 Å². The van der Waals surface area contributed by atoms with Crippen molar-refractivity contribution >= 4 is 23.5 Å². The molecular weight excluding hydrogens is 406 g/mol. The van der Waals surface area contributed by atoms with E-state index in [2.05, 4.69) is 11.9 Å². The molecule has 4 amide bonds. The highest BCUT2D eigenvalue weighted by Crippen LogP contribution is 2.30. The molecule has 3 rings (SSSR count). The van der Waals surface area contributed by atoms with Gasteiger partial charge >= 0.3 is 6.03 Å². The summed E-state index contributed by atoms with van der Waals surface area (Å²) >= 11 is 0. The van der Waals surface area contributed by atoms with Crippen LogP contribution in [-0.4, -0.2) is 42.4 Å². The third-order valence-corrected chi connectivity index (χ3v) is 5.42. The van der Waals surface area contributed by atoms with Crippen molar-refractivity contribution in [2.75, 3.05) is 24.6 Å². The van der Waals surface area contributed by atoms with Crippen molar-refractivity contribution in [3.05, 3.63) is 71.8 Å². The average Bonchev–Trinajstić information content (AvgIpc) is 2.97. The predicted molar refractivity (Wildman–Crippen MR) is 124 cm³/mol. The molecule has 1 atom stereocenters. The number of urea groups is 1. The van der Waals surface area contributed by atoms with E-state index in [0.717, 1.165) is 21.7 Å². The minimum Gasteiger partial charge on any atom is -0.489 e. The van der Waals surface area contributed by atoms with Crippen LogP contribution in [0.15, 0.2) is 60.7 Å². The Bertz CT molecular complexity index is 1050. The van der Waals surface area contributed by atoms with Crippen molar-refractivity contribution in [3.8, 4) is 5.75 Å². The maximum atomic E-state index is 13.2. The fourth-order valence-corrected chi connectivity index (χ4v) is 3.65. The normalized spacial score (nSPS) is 17.8. The second-order valence-corrected chi connectivity index (χ2v) is 8.19. The van der Waals surface area contributed by atoms with Crippen molar-refractivity contribution in [1.82, 2.24) is 10.2 Å². The van der Waals surface area contributed by atoms with E-state index in [-0.39, 0.29) is 12.5 Å². The number of hydrogen-bond acceptors (Lipinski definition) is 4. The fraction of sp³-hybridized carbons (Fsp3) is 0.320. The maximum Gasteiger partial charge on any atom is 0.325 e. The van der Waals surface area contributed by atoms with Gasteiger partial charge in [-0.25, -0.2) is 4.79 Å². The number of ether oxygens (including phenoxy) is 1. The molecule has 1 saturated heterocycles. The molecule has 1 N–H and O–H groups in total. The van der Waals surface area contributed by atoms with Gasteiger partial charge < -0.3 is 15.0 Å². The van der Waals surface area contributed by atoms with Crippen LogP contribution in [0, 0.1) is 6.92 Å². The number of carbonyl (C=O) groups is 3. The number of nitrogens with zero attached hydrogens (tertiary/aromatic N) is 2. The Morgan fingerprint density at radius 3 is 2.47 bits per heavy atom. The number of amides is 4. The summed E-state index contributed by atoms with van der Waals surface area (Å²) < 4.78 is 5.60. The Kier molecular flexibility index (Phi) is 6.67. The molecule has 1 unspecified atom stereocenters. The lowest BCUT2D eigenvalue weighted by molar-refractivity contribution is -0.134. The number of rotatable bonds is 8. The molecule has 32 heavy (non-hydrogen) atoms. The van der Waals surface area contributed by atoms with E-state index in [9.17, 15) is 14.4 Å². The van der Waals surface area contributed by atoms with Gasteiger partial charge in [-0.2, -0.15) is 0 Å². The molecule has 0 bridgehead atoms. The lowest BCUT2D eigenvalue weighted by Gasteiger charge is -2.25. The SMILES string of the molecule is C=C(C)COc1ccc(C2(C)NC(=O)N(CC(=O)N(CC)c3cccc(C)c3)C2=O)cc1. The first kappa shape index (κ1) is 23.1. The number of likely N-dealkylation sites (N-methyl/N-ethyl adjacent to an activating group) is 1. The number of aryl methyl sites for hydroxylation is 1. The lowest BCUT2D eigenvalue weighted by atomic mass is 9.92. The maximum absolute atomic E-state index is 13.2. The first-order valence-electron chi connectivity index (χ1n) is 10.5. The van der Waals surface area contributed by atoms with E-state index >= 15 is 0 Å². The smallest absolute Gasteiger partial charge is 0.325 e. The number of carbonyl (C=O) groups excluding carboxylic acids is 3. The summed E-state index contributed by atoms with van der Waals surface area (Å²) in [6.07, 6.45) is 0. The van der Waals surface area contributed by atoms with Crippen LogP contribution in [0.5, 0.6) is 5.75 Å². The second-order valence-electron chi connectivity index (χ2n) is 8.19. The van der Waals surface area contributed by atoms with E-state index in [1.54, 1.807) is 36.1 Å². The Balaban J connectivity index is 1.76. The minimum atomic E-state index is -1.26. The van der Waals surface area contributed by atoms with Crippen molar-refractivity contribution < 1.29 is 19.1 Å². The molecule has 7 heteroatoms.